The van der Waals surface area contributed by atoms with Crippen LogP contribution in [0.15, 0.2) is 218 Å². The third kappa shape index (κ3) is 6.39. The zero-order valence-electron chi connectivity index (χ0n) is 35.6. The molecule has 0 aliphatic heterocycles. The molecular weight excluding hydrogens is 793 g/mol. The van der Waals surface area contributed by atoms with Gasteiger partial charge in [-0.05, 0) is 103 Å². The lowest BCUT2D eigenvalue weighted by molar-refractivity contribution is 0.660. The molecule has 0 amide bonds. The molecule has 0 unspecified atom stereocenters. The van der Waals surface area contributed by atoms with Crippen LogP contribution in [0.4, 0.5) is 0 Å². The molecule has 0 fully saturated rings. The number of rotatable bonds is 7. The number of hydrogen-bond donors (Lipinski definition) is 0. The number of hydrogen-bond acceptors (Lipinski definition) is 3. The molecule has 0 N–H and O–H groups in total. The molecule has 2 aromatic heterocycles. The van der Waals surface area contributed by atoms with Crippen LogP contribution in [-0.4, -0.2) is 9.97 Å². The van der Waals surface area contributed by atoms with E-state index in [0.717, 1.165) is 39.2 Å². The summed E-state index contributed by atoms with van der Waals surface area (Å²) in [6.45, 7) is 4.68. The molecular formula is C61H42N2S. The quantitative estimate of drug-likeness (QED) is 0.160. The molecule has 0 saturated heterocycles. The molecule has 302 valence electrons. The fourth-order valence-electron chi connectivity index (χ4n) is 9.97. The molecule has 3 heteroatoms. The maximum absolute atomic E-state index is 5.41. The van der Waals surface area contributed by atoms with Crippen molar-refractivity contribution in [3.63, 3.8) is 0 Å². The highest BCUT2D eigenvalue weighted by atomic mass is 32.1. The van der Waals surface area contributed by atoms with Gasteiger partial charge in [-0.15, -0.1) is 11.3 Å². The lowest BCUT2D eigenvalue weighted by Crippen LogP contribution is -2.14. The number of benzene rings is 9. The van der Waals surface area contributed by atoms with E-state index in [0.29, 0.717) is 5.82 Å². The average Bonchev–Trinajstić information content (AvgIpc) is 3.86. The Morgan fingerprint density at radius 3 is 1.64 bits per heavy atom. The third-order valence-corrected chi connectivity index (χ3v) is 14.3. The van der Waals surface area contributed by atoms with E-state index >= 15 is 0 Å². The van der Waals surface area contributed by atoms with Gasteiger partial charge in [0.05, 0.1) is 11.4 Å². The second kappa shape index (κ2) is 15.3. The molecule has 0 radical (unpaired) electrons. The van der Waals surface area contributed by atoms with Crippen molar-refractivity contribution < 1.29 is 0 Å². The Bertz CT molecular complexity index is 3580. The van der Waals surface area contributed by atoms with Gasteiger partial charge in [0, 0.05) is 42.3 Å². The van der Waals surface area contributed by atoms with Crippen LogP contribution >= 0.6 is 11.3 Å². The molecule has 11 aromatic rings. The summed E-state index contributed by atoms with van der Waals surface area (Å²) in [5.41, 5.74) is 19.5. The predicted molar refractivity (Wildman–Crippen MR) is 271 cm³/mol. The Morgan fingerprint density at radius 1 is 0.344 bits per heavy atom. The second-order valence-corrected chi connectivity index (χ2v) is 18.4. The van der Waals surface area contributed by atoms with E-state index in [9.17, 15) is 0 Å². The maximum Gasteiger partial charge on any atom is 0.160 e. The molecule has 0 atom stereocenters. The third-order valence-electron chi connectivity index (χ3n) is 13.1. The summed E-state index contributed by atoms with van der Waals surface area (Å²) in [6.07, 6.45) is 0. The fourth-order valence-corrected chi connectivity index (χ4v) is 11.2. The van der Waals surface area contributed by atoms with Crippen LogP contribution in [0.5, 0.6) is 0 Å². The largest absolute Gasteiger partial charge is 0.228 e. The predicted octanol–water partition coefficient (Wildman–Crippen LogP) is 16.8. The van der Waals surface area contributed by atoms with Gasteiger partial charge in [-0.2, -0.15) is 0 Å². The first kappa shape index (κ1) is 38.0. The highest BCUT2D eigenvalue weighted by Crippen LogP contribution is 2.52. The molecule has 64 heavy (non-hydrogen) atoms. The Labute approximate surface area is 377 Å². The van der Waals surface area contributed by atoms with Crippen LogP contribution in [0.3, 0.4) is 0 Å². The van der Waals surface area contributed by atoms with E-state index < -0.39 is 0 Å². The Balaban J connectivity index is 1.07. The normalized spacial score (nSPS) is 12.7. The van der Waals surface area contributed by atoms with Crippen LogP contribution in [0.2, 0.25) is 0 Å². The van der Waals surface area contributed by atoms with Crippen LogP contribution in [0.1, 0.15) is 25.0 Å². The molecule has 12 rings (SSSR count). The van der Waals surface area contributed by atoms with Crippen molar-refractivity contribution in [3.8, 4) is 89.5 Å². The Hall–Kier alpha value is -7.72. The minimum atomic E-state index is -0.0802. The van der Waals surface area contributed by atoms with Crippen molar-refractivity contribution in [3.05, 3.63) is 230 Å². The molecule has 2 heterocycles. The second-order valence-electron chi connectivity index (χ2n) is 17.3. The molecule has 9 aromatic carbocycles. The minimum Gasteiger partial charge on any atom is -0.228 e. The van der Waals surface area contributed by atoms with Crippen molar-refractivity contribution >= 4 is 31.5 Å². The van der Waals surface area contributed by atoms with Gasteiger partial charge >= 0.3 is 0 Å². The first-order chi connectivity index (χ1) is 31.5. The zero-order chi connectivity index (χ0) is 42.8. The van der Waals surface area contributed by atoms with Crippen molar-refractivity contribution in [2.24, 2.45) is 0 Å². The lowest BCUT2D eigenvalue weighted by atomic mass is 9.82. The summed E-state index contributed by atoms with van der Waals surface area (Å²) in [4.78, 5) is 10.7. The van der Waals surface area contributed by atoms with Gasteiger partial charge in [0.25, 0.3) is 0 Å². The SMILES string of the molecule is CC1(C)c2ccccc2-c2c(-c3cccc(-c4cc(-c5cc(-c6ccccc6-c6ccccc6)cc(-c6cccc7c6sc6ccccc67)c5)nc(-c5ccccc5)n4)c3)cccc21. The Morgan fingerprint density at radius 2 is 0.844 bits per heavy atom. The topological polar surface area (TPSA) is 25.8 Å². The standard InChI is InChI=1S/C61H42N2S/c1-61(2)53-31-13-11-27-52(53)58-48(28-17-32-54(58)61)41-22-15-23-42(34-41)55-38-56(63-60(62-55)40-20-7-4-8-21-40)45-36-43(47-25-10-9-24-46(47)39-18-5-3-6-19-39)35-44(37-45)49-29-16-30-51-50-26-12-14-33-57(50)64-59(49)51/h3-38H,1-2H3. The van der Waals surface area contributed by atoms with E-state index in [2.05, 4.69) is 226 Å². The van der Waals surface area contributed by atoms with Gasteiger partial charge in [-0.3, -0.25) is 0 Å². The summed E-state index contributed by atoms with van der Waals surface area (Å²) < 4.78 is 2.58. The molecule has 0 spiro atoms. The summed E-state index contributed by atoms with van der Waals surface area (Å²) in [7, 11) is 0. The highest BCUT2D eigenvalue weighted by molar-refractivity contribution is 7.26. The molecule has 1 aliphatic carbocycles. The summed E-state index contributed by atoms with van der Waals surface area (Å²) >= 11 is 1.86. The lowest BCUT2D eigenvalue weighted by Gasteiger charge is -2.21. The van der Waals surface area contributed by atoms with Gasteiger partial charge in [0.2, 0.25) is 0 Å². The van der Waals surface area contributed by atoms with E-state index in [1.165, 1.54) is 75.8 Å². The zero-order valence-corrected chi connectivity index (χ0v) is 36.4. The van der Waals surface area contributed by atoms with Crippen molar-refractivity contribution in [1.82, 2.24) is 9.97 Å². The number of thiophene rings is 1. The first-order valence-corrected chi connectivity index (χ1v) is 22.8. The summed E-state index contributed by atoms with van der Waals surface area (Å²) in [6, 6.07) is 79.1. The van der Waals surface area contributed by atoms with Gasteiger partial charge in [0.1, 0.15) is 0 Å². The summed E-state index contributed by atoms with van der Waals surface area (Å²) in [5.74, 6) is 0.693. The van der Waals surface area contributed by atoms with Gasteiger partial charge in [-0.25, -0.2) is 9.97 Å². The van der Waals surface area contributed by atoms with Crippen molar-refractivity contribution in [2.45, 2.75) is 19.3 Å². The molecule has 0 bridgehead atoms. The average molecular weight is 835 g/mol. The van der Waals surface area contributed by atoms with Gasteiger partial charge in [-0.1, -0.05) is 196 Å². The van der Waals surface area contributed by atoms with E-state index in [1.54, 1.807) is 0 Å². The molecule has 0 saturated carbocycles. The fraction of sp³-hybridized carbons (Fsp3) is 0.0492. The van der Waals surface area contributed by atoms with Crippen molar-refractivity contribution in [1.29, 1.82) is 0 Å². The highest BCUT2D eigenvalue weighted by Gasteiger charge is 2.36. The van der Waals surface area contributed by atoms with E-state index in [4.69, 9.17) is 9.97 Å². The number of nitrogens with zero attached hydrogens (tertiary/aromatic N) is 2. The first-order valence-electron chi connectivity index (χ1n) is 22.0. The summed E-state index contributed by atoms with van der Waals surface area (Å²) in [5, 5.41) is 2.57. The van der Waals surface area contributed by atoms with E-state index in [1.807, 2.05) is 17.4 Å². The maximum atomic E-state index is 5.41. The van der Waals surface area contributed by atoms with Crippen LogP contribution in [-0.2, 0) is 5.41 Å². The molecule has 2 nitrogen and oxygen atoms in total. The monoisotopic (exact) mass is 834 g/mol. The van der Waals surface area contributed by atoms with Crippen LogP contribution < -0.4 is 0 Å². The molecule has 1 aliphatic rings. The Kier molecular flexibility index (Phi) is 9.06. The van der Waals surface area contributed by atoms with Gasteiger partial charge < -0.3 is 0 Å². The minimum absolute atomic E-state index is 0.0802. The van der Waals surface area contributed by atoms with Crippen LogP contribution in [0, 0.1) is 0 Å². The van der Waals surface area contributed by atoms with Crippen LogP contribution in [0.25, 0.3) is 110 Å². The van der Waals surface area contributed by atoms with E-state index in [-0.39, 0.29) is 5.41 Å². The smallest absolute Gasteiger partial charge is 0.160 e. The van der Waals surface area contributed by atoms with Gasteiger partial charge in [0.15, 0.2) is 5.82 Å². The number of fused-ring (bicyclic) bond motifs is 6. The van der Waals surface area contributed by atoms with Crippen molar-refractivity contribution in [2.75, 3.05) is 0 Å². The number of aromatic nitrogens is 2.